The minimum atomic E-state index is -0.761. The normalized spacial score (nSPS) is 15.3. The molecule has 1 atom stereocenters. The number of anilines is 1. The van der Waals surface area contributed by atoms with Crippen molar-refractivity contribution >= 4 is 40.1 Å². The molecule has 0 N–H and O–H groups in total. The molecule has 1 amide bonds. The van der Waals surface area contributed by atoms with Gasteiger partial charge in [0.25, 0.3) is 0 Å². The summed E-state index contributed by atoms with van der Waals surface area (Å²) in [5.41, 5.74) is 2.60. The Balaban J connectivity index is 1.52. The van der Waals surface area contributed by atoms with E-state index in [4.69, 9.17) is 25.5 Å². The smallest absolute Gasteiger partial charge is 0.316 e. The third-order valence-corrected chi connectivity index (χ3v) is 6.79. The average Bonchev–Trinajstić information content (AvgIpc) is 3.27. The number of methoxy groups -OCH3 is 1. The molecule has 0 spiro atoms. The summed E-state index contributed by atoms with van der Waals surface area (Å²) >= 11 is 6.43. The van der Waals surface area contributed by atoms with Gasteiger partial charge in [0.2, 0.25) is 17.1 Å². The molecule has 4 aromatic rings. The lowest BCUT2D eigenvalue weighted by Crippen LogP contribution is -2.28. The first-order valence-corrected chi connectivity index (χ1v) is 12.1. The van der Waals surface area contributed by atoms with E-state index in [2.05, 4.69) is 0 Å². The molecule has 2 heterocycles. The lowest BCUT2D eigenvalue weighted by molar-refractivity contribution is -0.139. The molecule has 37 heavy (non-hydrogen) atoms. The largest absolute Gasteiger partial charge is 0.497 e. The van der Waals surface area contributed by atoms with Crippen LogP contribution in [-0.2, 0) is 9.59 Å². The molecular formula is C29H24ClNO6. The number of aryl methyl sites for hydroxylation is 2. The number of benzene rings is 3. The molecule has 0 radical (unpaired) electrons. The molecule has 1 aliphatic rings. The van der Waals surface area contributed by atoms with Crippen molar-refractivity contribution in [3.63, 3.8) is 0 Å². The maximum absolute atomic E-state index is 13.7. The number of halogens is 1. The minimum Gasteiger partial charge on any atom is -0.497 e. The number of carbonyl (C=O) groups is 2. The first-order valence-electron chi connectivity index (χ1n) is 11.8. The second-order valence-electron chi connectivity index (χ2n) is 9.05. The number of rotatable bonds is 5. The van der Waals surface area contributed by atoms with Crippen LogP contribution in [0.5, 0.6) is 11.5 Å². The van der Waals surface area contributed by atoms with Crippen LogP contribution in [0.25, 0.3) is 22.3 Å². The summed E-state index contributed by atoms with van der Waals surface area (Å²) in [7, 11) is 1.56. The molecule has 5 rings (SSSR count). The van der Waals surface area contributed by atoms with Gasteiger partial charge in [-0.2, -0.15) is 0 Å². The Hall–Kier alpha value is -4.10. The lowest BCUT2D eigenvalue weighted by Gasteiger charge is -2.17. The van der Waals surface area contributed by atoms with Gasteiger partial charge in [-0.1, -0.05) is 29.8 Å². The summed E-state index contributed by atoms with van der Waals surface area (Å²) in [6, 6.07) is 17.5. The van der Waals surface area contributed by atoms with Crippen LogP contribution < -0.4 is 19.8 Å². The maximum atomic E-state index is 13.7. The first-order chi connectivity index (χ1) is 17.8. The zero-order chi connectivity index (χ0) is 26.3. The predicted octanol–water partition coefficient (Wildman–Crippen LogP) is 5.70. The molecular weight excluding hydrogens is 494 g/mol. The third-order valence-electron chi connectivity index (χ3n) is 6.46. The second-order valence-corrected chi connectivity index (χ2v) is 9.46. The highest BCUT2D eigenvalue weighted by Crippen LogP contribution is 2.37. The number of ether oxygens (including phenoxy) is 2. The van der Waals surface area contributed by atoms with E-state index in [0.29, 0.717) is 38.6 Å². The Morgan fingerprint density at radius 2 is 1.78 bits per heavy atom. The van der Waals surface area contributed by atoms with E-state index in [9.17, 15) is 14.4 Å². The van der Waals surface area contributed by atoms with Crippen molar-refractivity contribution in [3.8, 4) is 22.8 Å². The van der Waals surface area contributed by atoms with Crippen LogP contribution in [0.15, 0.2) is 69.9 Å². The number of carbonyl (C=O) groups excluding carboxylic acids is 2. The Morgan fingerprint density at radius 3 is 2.49 bits per heavy atom. The third kappa shape index (κ3) is 4.58. The Kier molecular flexibility index (Phi) is 6.48. The predicted molar refractivity (Wildman–Crippen MR) is 141 cm³/mol. The van der Waals surface area contributed by atoms with E-state index >= 15 is 0 Å². The molecule has 1 saturated heterocycles. The summed E-state index contributed by atoms with van der Waals surface area (Å²) in [6.45, 7) is 3.83. The van der Waals surface area contributed by atoms with Gasteiger partial charge in [0, 0.05) is 24.2 Å². The van der Waals surface area contributed by atoms with E-state index < -0.39 is 17.3 Å². The van der Waals surface area contributed by atoms with E-state index in [1.807, 2.05) is 13.0 Å². The summed E-state index contributed by atoms with van der Waals surface area (Å²) < 4.78 is 17.0. The van der Waals surface area contributed by atoms with Gasteiger partial charge in [0.15, 0.2) is 5.76 Å². The van der Waals surface area contributed by atoms with E-state index in [-0.39, 0.29) is 30.4 Å². The number of nitrogens with zero attached hydrogens (tertiary/aromatic N) is 1. The Labute approximate surface area is 218 Å². The van der Waals surface area contributed by atoms with Crippen molar-refractivity contribution in [1.82, 2.24) is 0 Å². The molecule has 7 nitrogen and oxygen atoms in total. The zero-order valence-corrected chi connectivity index (χ0v) is 21.3. The number of hydrogen-bond acceptors (Lipinski definition) is 6. The fourth-order valence-electron chi connectivity index (χ4n) is 4.65. The molecule has 1 aromatic heterocycles. The van der Waals surface area contributed by atoms with Crippen LogP contribution in [0.4, 0.5) is 5.69 Å². The molecule has 1 fully saturated rings. The van der Waals surface area contributed by atoms with Crippen LogP contribution in [0.2, 0.25) is 5.02 Å². The minimum absolute atomic E-state index is 0.0383. The van der Waals surface area contributed by atoms with Crippen LogP contribution in [0, 0.1) is 19.8 Å². The van der Waals surface area contributed by atoms with Crippen molar-refractivity contribution in [3.05, 3.63) is 87.0 Å². The SMILES string of the molecule is COc1ccc(N2CC(C(=O)Oc3c(-c4ccccc4Cl)oc4cc(C)cc(C)c4c3=O)CC2=O)cc1. The highest BCUT2D eigenvalue weighted by molar-refractivity contribution is 6.33. The summed E-state index contributed by atoms with van der Waals surface area (Å²) in [5, 5.41) is 0.667. The lowest BCUT2D eigenvalue weighted by atomic mass is 10.0. The van der Waals surface area contributed by atoms with Gasteiger partial charge in [-0.3, -0.25) is 14.4 Å². The summed E-state index contributed by atoms with van der Waals surface area (Å²) in [6.07, 6.45) is -0.0383. The van der Waals surface area contributed by atoms with E-state index in [1.165, 1.54) is 4.90 Å². The molecule has 0 aliphatic carbocycles. The van der Waals surface area contributed by atoms with Gasteiger partial charge in [-0.15, -0.1) is 0 Å². The highest BCUT2D eigenvalue weighted by Gasteiger charge is 2.37. The van der Waals surface area contributed by atoms with Gasteiger partial charge < -0.3 is 18.8 Å². The second kappa shape index (κ2) is 9.75. The van der Waals surface area contributed by atoms with E-state index in [0.717, 1.165) is 5.56 Å². The van der Waals surface area contributed by atoms with Gasteiger partial charge >= 0.3 is 5.97 Å². The monoisotopic (exact) mass is 517 g/mol. The van der Waals surface area contributed by atoms with Crippen molar-refractivity contribution in [2.45, 2.75) is 20.3 Å². The van der Waals surface area contributed by atoms with Crippen molar-refractivity contribution in [1.29, 1.82) is 0 Å². The zero-order valence-electron chi connectivity index (χ0n) is 20.5. The Bertz CT molecular complexity index is 1590. The number of esters is 1. The molecule has 0 bridgehead atoms. The standard InChI is InChI=1S/C29H24ClNO6/c1-16-12-17(2)25-23(13-16)36-27(21-6-4-5-7-22(21)30)28(26(25)33)37-29(34)18-14-24(32)31(15-18)19-8-10-20(35-3)11-9-19/h4-13,18H,14-15H2,1-3H3. The number of hydrogen-bond donors (Lipinski definition) is 0. The summed E-state index contributed by atoms with van der Waals surface area (Å²) in [4.78, 5) is 41.2. The molecule has 3 aromatic carbocycles. The quantitative estimate of drug-likeness (QED) is 0.316. The van der Waals surface area contributed by atoms with Gasteiger partial charge in [-0.05, 0) is 67.4 Å². The summed E-state index contributed by atoms with van der Waals surface area (Å²) in [5.74, 6) is -1.18. The van der Waals surface area contributed by atoms with Crippen molar-refractivity contribution < 1.29 is 23.5 Å². The van der Waals surface area contributed by atoms with Crippen LogP contribution in [0.1, 0.15) is 17.5 Å². The fraction of sp³-hybridized carbons (Fsp3) is 0.207. The highest BCUT2D eigenvalue weighted by atomic mass is 35.5. The van der Waals surface area contributed by atoms with Gasteiger partial charge in [0.1, 0.15) is 11.3 Å². The Morgan fingerprint density at radius 1 is 1.05 bits per heavy atom. The topological polar surface area (TPSA) is 86.0 Å². The van der Waals surface area contributed by atoms with Crippen molar-refractivity contribution in [2.24, 2.45) is 5.92 Å². The maximum Gasteiger partial charge on any atom is 0.316 e. The van der Waals surface area contributed by atoms with Crippen LogP contribution >= 0.6 is 11.6 Å². The van der Waals surface area contributed by atoms with Crippen LogP contribution in [0.3, 0.4) is 0 Å². The number of amides is 1. The average molecular weight is 518 g/mol. The molecule has 188 valence electrons. The molecule has 0 saturated carbocycles. The van der Waals surface area contributed by atoms with E-state index in [1.54, 1.807) is 68.6 Å². The fourth-order valence-corrected chi connectivity index (χ4v) is 4.87. The van der Waals surface area contributed by atoms with Crippen molar-refractivity contribution in [2.75, 3.05) is 18.6 Å². The molecule has 1 aliphatic heterocycles. The number of fused-ring (bicyclic) bond motifs is 1. The first kappa shape index (κ1) is 24.6. The molecule has 1 unspecified atom stereocenters. The van der Waals surface area contributed by atoms with Gasteiger partial charge in [0.05, 0.1) is 23.4 Å². The van der Waals surface area contributed by atoms with Crippen LogP contribution in [-0.4, -0.2) is 25.5 Å². The van der Waals surface area contributed by atoms with Gasteiger partial charge in [-0.25, -0.2) is 0 Å². The molecule has 8 heteroatoms.